The quantitative estimate of drug-likeness (QED) is 0.770. The van der Waals surface area contributed by atoms with Gasteiger partial charge >= 0.3 is 5.97 Å². The van der Waals surface area contributed by atoms with Crippen LogP contribution in [0.3, 0.4) is 0 Å². The van der Waals surface area contributed by atoms with Crippen LogP contribution in [0, 0.1) is 5.92 Å². The highest BCUT2D eigenvalue weighted by molar-refractivity contribution is 5.80. The van der Waals surface area contributed by atoms with Crippen molar-refractivity contribution in [3.05, 3.63) is 35.9 Å². The third-order valence-corrected chi connectivity index (χ3v) is 4.83. The van der Waals surface area contributed by atoms with Crippen molar-refractivity contribution in [2.24, 2.45) is 5.92 Å². The van der Waals surface area contributed by atoms with Crippen molar-refractivity contribution < 1.29 is 14.7 Å². The van der Waals surface area contributed by atoms with Crippen molar-refractivity contribution in [1.29, 1.82) is 0 Å². The first kappa shape index (κ1) is 17.5. The summed E-state index contributed by atoms with van der Waals surface area (Å²) < 4.78 is 0. The number of aliphatic carboxylic acids is 1. The van der Waals surface area contributed by atoms with Crippen LogP contribution in [0.1, 0.15) is 57.4 Å². The van der Waals surface area contributed by atoms with Gasteiger partial charge in [-0.3, -0.25) is 9.59 Å². The van der Waals surface area contributed by atoms with Crippen LogP contribution in [0.4, 0.5) is 0 Å². The highest BCUT2D eigenvalue weighted by Crippen LogP contribution is 2.33. The lowest BCUT2D eigenvalue weighted by Gasteiger charge is -2.30. The number of aryl methyl sites for hydroxylation is 1. The summed E-state index contributed by atoms with van der Waals surface area (Å²) in [6.45, 7) is 1.93. The van der Waals surface area contributed by atoms with E-state index >= 15 is 0 Å². The van der Waals surface area contributed by atoms with E-state index in [1.807, 2.05) is 25.1 Å². The van der Waals surface area contributed by atoms with Gasteiger partial charge in [0.2, 0.25) is 5.91 Å². The van der Waals surface area contributed by atoms with E-state index in [9.17, 15) is 9.59 Å². The second kappa shape index (κ2) is 8.14. The Morgan fingerprint density at radius 1 is 1.22 bits per heavy atom. The predicted molar refractivity (Wildman–Crippen MR) is 90.1 cm³/mol. The Bertz CT molecular complexity index is 521. The molecular formula is C19H27NO3. The second-order valence-corrected chi connectivity index (χ2v) is 6.83. The van der Waals surface area contributed by atoms with Crippen LogP contribution in [0.2, 0.25) is 0 Å². The molecule has 4 nitrogen and oxygen atoms in total. The number of hydrogen-bond acceptors (Lipinski definition) is 2. The Kier molecular flexibility index (Phi) is 6.20. The summed E-state index contributed by atoms with van der Waals surface area (Å²) in [6, 6.07) is 10.3. The number of benzene rings is 1. The molecule has 1 unspecified atom stereocenters. The third kappa shape index (κ3) is 5.38. The van der Waals surface area contributed by atoms with Gasteiger partial charge < -0.3 is 10.4 Å². The van der Waals surface area contributed by atoms with Crippen molar-refractivity contribution in [1.82, 2.24) is 5.32 Å². The van der Waals surface area contributed by atoms with Crippen molar-refractivity contribution in [3.63, 3.8) is 0 Å². The molecule has 4 heteroatoms. The molecule has 126 valence electrons. The number of nitrogens with one attached hydrogen (secondary N) is 1. The first-order valence-corrected chi connectivity index (χ1v) is 8.58. The van der Waals surface area contributed by atoms with Crippen LogP contribution < -0.4 is 5.32 Å². The summed E-state index contributed by atoms with van der Waals surface area (Å²) in [5.74, 6) is -0.907. The lowest BCUT2D eigenvalue weighted by atomic mass is 9.91. The average Bonchev–Trinajstić information content (AvgIpc) is 2.95. The van der Waals surface area contributed by atoms with Gasteiger partial charge in [0.15, 0.2) is 0 Å². The standard InChI is InChI=1S/C19H27NO3/c1-15(8-7-11-16-9-3-2-4-10-16)18(23)20-19(14-17(21)22)12-5-6-13-19/h2-4,9-10,15H,5-8,11-14H2,1H3,(H,20,23)(H,21,22). The number of rotatable bonds is 8. The molecule has 1 saturated carbocycles. The van der Waals surface area contributed by atoms with Gasteiger partial charge in [-0.1, -0.05) is 50.1 Å². The van der Waals surface area contributed by atoms with E-state index in [0.29, 0.717) is 0 Å². The van der Waals surface area contributed by atoms with E-state index in [4.69, 9.17) is 5.11 Å². The van der Waals surface area contributed by atoms with E-state index in [0.717, 1.165) is 44.9 Å². The van der Waals surface area contributed by atoms with Gasteiger partial charge in [-0.05, 0) is 37.7 Å². The number of carbonyl (C=O) groups is 2. The maximum atomic E-state index is 12.4. The first-order chi connectivity index (χ1) is 11.0. The molecule has 2 N–H and O–H groups in total. The second-order valence-electron chi connectivity index (χ2n) is 6.83. The van der Waals surface area contributed by atoms with Crippen molar-refractivity contribution in [3.8, 4) is 0 Å². The molecule has 2 rings (SSSR count). The van der Waals surface area contributed by atoms with Gasteiger partial charge in [-0.2, -0.15) is 0 Å². The van der Waals surface area contributed by atoms with Gasteiger partial charge in [0, 0.05) is 5.92 Å². The summed E-state index contributed by atoms with van der Waals surface area (Å²) in [4.78, 5) is 23.5. The van der Waals surface area contributed by atoms with Gasteiger partial charge in [0.1, 0.15) is 0 Å². The zero-order valence-electron chi connectivity index (χ0n) is 13.9. The average molecular weight is 317 g/mol. The molecule has 0 bridgehead atoms. The number of carboxylic acids is 1. The van der Waals surface area contributed by atoms with Crippen LogP contribution in [0.5, 0.6) is 0 Å². The Labute approximate surface area is 138 Å². The summed E-state index contributed by atoms with van der Waals surface area (Å²) in [5.41, 5.74) is 0.773. The number of hydrogen-bond donors (Lipinski definition) is 2. The molecule has 0 radical (unpaired) electrons. The smallest absolute Gasteiger partial charge is 0.305 e. The van der Waals surface area contributed by atoms with E-state index in [-0.39, 0.29) is 18.2 Å². The maximum Gasteiger partial charge on any atom is 0.305 e. The molecule has 1 atom stereocenters. The summed E-state index contributed by atoms with van der Waals surface area (Å²) in [5, 5.41) is 12.2. The molecule has 1 aliphatic rings. The molecule has 0 spiro atoms. The van der Waals surface area contributed by atoms with Crippen LogP contribution in [-0.4, -0.2) is 22.5 Å². The van der Waals surface area contributed by atoms with Crippen molar-refractivity contribution in [2.45, 2.75) is 63.8 Å². The molecule has 0 aromatic heterocycles. The molecule has 1 aliphatic carbocycles. The maximum absolute atomic E-state index is 12.4. The molecular weight excluding hydrogens is 290 g/mol. The van der Waals surface area contributed by atoms with E-state index in [2.05, 4.69) is 17.4 Å². The molecule has 0 saturated heterocycles. The van der Waals surface area contributed by atoms with Gasteiger partial charge in [0.05, 0.1) is 12.0 Å². The van der Waals surface area contributed by atoms with Crippen molar-refractivity contribution in [2.75, 3.05) is 0 Å². The monoisotopic (exact) mass is 317 g/mol. The Hall–Kier alpha value is -1.84. The van der Waals surface area contributed by atoms with Gasteiger partial charge in [-0.25, -0.2) is 0 Å². The minimum absolute atomic E-state index is 0.00112. The van der Waals surface area contributed by atoms with Gasteiger partial charge in [0.25, 0.3) is 0 Å². The zero-order valence-corrected chi connectivity index (χ0v) is 13.9. The molecule has 23 heavy (non-hydrogen) atoms. The SMILES string of the molecule is CC(CCCc1ccccc1)C(=O)NC1(CC(=O)O)CCCC1. The van der Waals surface area contributed by atoms with E-state index in [1.54, 1.807) is 0 Å². The fraction of sp³-hybridized carbons (Fsp3) is 0.579. The molecule has 1 aromatic rings. The summed E-state index contributed by atoms with van der Waals surface area (Å²) >= 11 is 0. The normalized spacial score (nSPS) is 17.6. The topological polar surface area (TPSA) is 66.4 Å². The van der Waals surface area contributed by atoms with Crippen LogP contribution in [0.15, 0.2) is 30.3 Å². The Balaban J connectivity index is 1.80. The summed E-state index contributed by atoms with van der Waals surface area (Å²) in [7, 11) is 0. The lowest BCUT2D eigenvalue weighted by molar-refractivity contribution is -0.139. The van der Waals surface area contributed by atoms with E-state index in [1.165, 1.54) is 5.56 Å². The Morgan fingerprint density at radius 3 is 2.48 bits per heavy atom. The minimum Gasteiger partial charge on any atom is -0.481 e. The predicted octanol–water partition coefficient (Wildman–Crippen LogP) is 3.55. The number of amides is 1. The lowest BCUT2D eigenvalue weighted by Crippen LogP contribution is -2.49. The molecule has 1 fully saturated rings. The zero-order chi connectivity index (χ0) is 16.7. The van der Waals surface area contributed by atoms with E-state index < -0.39 is 11.5 Å². The number of carbonyl (C=O) groups excluding carboxylic acids is 1. The minimum atomic E-state index is -0.830. The summed E-state index contributed by atoms with van der Waals surface area (Å²) in [6.07, 6.45) is 6.35. The van der Waals surface area contributed by atoms with Crippen LogP contribution >= 0.6 is 0 Å². The molecule has 0 aliphatic heterocycles. The number of carboxylic acid groups (broad SMARTS) is 1. The van der Waals surface area contributed by atoms with Crippen LogP contribution in [-0.2, 0) is 16.0 Å². The third-order valence-electron chi connectivity index (χ3n) is 4.83. The first-order valence-electron chi connectivity index (χ1n) is 8.58. The van der Waals surface area contributed by atoms with Gasteiger partial charge in [-0.15, -0.1) is 0 Å². The van der Waals surface area contributed by atoms with Crippen LogP contribution in [0.25, 0.3) is 0 Å². The highest BCUT2D eigenvalue weighted by Gasteiger charge is 2.38. The molecule has 1 aromatic carbocycles. The Morgan fingerprint density at radius 2 is 1.87 bits per heavy atom. The van der Waals surface area contributed by atoms with Crippen molar-refractivity contribution >= 4 is 11.9 Å². The fourth-order valence-corrected chi connectivity index (χ4v) is 3.46. The molecule has 0 heterocycles. The highest BCUT2D eigenvalue weighted by atomic mass is 16.4. The largest absolute Gasteiger partial charge is 0.481 e. The molecule has 1 amide bonds. The fourth-order valence-electron chi connectivity index (χ4n) is 3.46.